The minimum atomic E-state index is -0.104. The van der Waals surface area contributed by atoms with Crippen LogP contribution in [0.2, 0.25) is 0 Å². The van der Waals surface area contributed by atoms with Crippen molar-refractivity contribution in [2.45, 2.75) is 31.8 Å². The van der Waals surface area contributed by atoms with Gasteiger partial charge in [-0.1, -0.05) is 0 Å². The Morgan fingerprint density at radius 1 is 1.38 bits per heavy atom. The van der Waals surface area contributed by atoms with Gasteiger partial charge in [-0.25, -0.2) is 9.97 Å². The number of thiophene rings is 1. The zero-order chi connectivity index (χ0) is 16.6. The maximum absolute atomic E-state index is 13.1. The summed E-state index contributed by atoms with van der Waals surface area (Å²) in [6.07, 6.45) is 6.37. The molecule has 1 aliphatic carbocycles. The number of hydrogen-bond acceptors (Lipinski definition) is 6. The smallest absolute Gasteiger partial charge is 0.276 e. The van der Waals surface area contributed by atoms with Crippen LogP contribution in [0.25, 0.3) is 0 Å². The van der Waals surface area contributed by atoms with Gasteiger partial charge in [0.1, 0.15) is 0 Å². The highest BCUT2D eigenvalue weighted by Crippen LogP contribution is 2.56. The van der Waals surface area contributed by atoms with Crippen molar-refractivity contribution in [3.05, 3.63) is 40.5 Å². The summed E-state index contributed by atoms with van der Waals surface area (Å²) in [4.78, 5) is 23.3. The molecule has 2 aromatic rings. The molecule has 0 aromatic carbocycles. The summed E-state index contributed by atoms with van der Waals surface area (Å²) in [7, 11) is 0. The van der Waals surface area contributed by atoms with E-state index in [1.54, 1.807) is 11.3 Å². The fourth-order valence-corrected chi connectivity index (χ4v) is 4.44. The van der Waals surface area contributed by atoms with E-state index in [0.29, 0.717) is 6.54 Å². The third kappa shape index (κ3) is 2.78. The van der Waals surface area contributed by atoms with Crippen molar-refractivity contribution in [1.29, 1.82) is 0 Å². The third-order valence-electron chi connectivity index (χ3n) is 5.25. The number of hydrogen-bond donors (Lipinski definition) is 2. The Morgan fingerprint density at radius 3 is 2.88 bits per heavy atom. The molecule has 2 aliphatic rings. The molecule has 0 radical (unpaired) electrons. The van der Waals surface area contributed by atoms with Crippen LogP contribution in [-0.4, -0.2) is 39.9 Å². The maximum Gasteiger partial charge on any atom is 0.276 e. The molecule has 7 heteroatoms. The summed E-state index contributed by atoms with van der Waals surface area (Å²) in [5.41, 5.74) is 7.59. The van der Waals surface area contributed by atoms with E-state index in [9.17, 15) is 4.79 Å². The van der Waals surface area contributed by atoms with Crippen LogP contribution in [0, 0.1) is 5.41 Å². The minimum absolute atomic E-state index is 0.104. The maximum atomic E-state index is 13.1. The molecule has 1 unspecified atom stereocenters. The van der Waals surface area contributed by atoms with Gasteiger partial charge in [0, 0.05) is 25.0 Å². The first-order valence-electron chi connectivity index (χ1n) is 8.29. The zero-order valence-electron chi connectivity index (χ0n) is 13.4. The Kier molecular flexibility index (Phi) is 3.97. The van der Waals surface area contributed by atoms with E-state index in [2.05, 4.69) is 26.7 Å². The highest BCUT2D eigenvalue weighted by molar-refractivity contribution is 7.07. The molecule has 3 heterocycles. The molecular formula is C17H21N5OS. The van der Waals surface area contributed by atoms with E-state index in [1.807, 2.05) is 10.3 Å². The molecule has 1 saturated carbocycles. The Balaban J connectivity index is 1.61. The van der Waals surface area contributed by atoms with E-state index < -0.39 is 0 Å². The molecule has 2 aromatic heterocycles. The van der Waals surface area contributed by atoms with Crippen LogP contribution < -0.4 is 11.1 Å². The molecule has 0 bridgehead atoms. The van der Waals surface area contributed by atoms with E-state index in [1.165, 1.54) is 12.4 Å². The van der Waals surface area contributed by atoms with Gasteiger partial charge in [-0.3, -0.25) is 4.79 Å². The molecule has 1 amide bonds. The summed E-state index contributed by atoms with van der Waals surface area (Å²) < 4.78 is 0. The van der Waals surface area contributed by atoms with Crippen molar-refractivity contribution in [2.24, 2.45) is 5.41 Å². The van der Waals surface area contributed by atoms with E-state index in [0.717, 1.165) is 37.9 Å². The second-order valence-corrected chi connectivity index (χ2v) is 7.47. The first kappa shape index (κ1) is 15.5. The zero-order valence-corrected chi connectivity index (χ0v) is 14.3. The van der Waals surface area contributed by atoms with Crippen molar-refractivity contribution in [1.82, 2.24) is 20.2 Å². The second-order valence-electron chi connectivity index (χ2n) is 6.69. The van der Waals surface area contributed by atoms with Crippen LogP contribution in [0.15, 0.2) is 29.2 Å². The van der Waals surface area contributed by atoms with E-state index in [-0.39, 0.29) is 28.9 Å². The van der Waals surface area contributed by atoms with E-state index in [4.69, 9.17) is 5.73 Å². The Hall–Kier alpha value is -1.99. The first-order valence-corrected chi connectivity index (χ1v) is 9.23. The number of nitrogen functional groups attached to an aromatic ring is 1. The number of amides is 1. The Bertz CT molecular complexity index is 726. The van der Waals surface area contributed by atoms with Gasteiger partial charge in [-0.05, 0) is 60.2 Å². The first-order chi connectivity index (χ1) is 11.7. The molecule has 4 rings (SSSR count). The average molecular weight is 343 g/mol. The van der Waals surface area contributed by atoms with Crippen LogP contribution in [0.4, 0.5) is 5.82 Å². The predicted octanol–water partition coefficient (Wildman–Crippen LogP) is 1.90. The van der Waals surface area contributed by atoms with Gasteiger partial charge in [0.25, 0.3) is 5.91 Å². The predicted molar refractivity (Wildman–Crippen MR) is 93.6 cm³/mol. The molecule has 126 valence electrons. The normalized spacial score (nSPS) is 21.6. The minimum Gasteiger partial charge on any atom is -0.382 e. The van der Waals surface area contributed by atoms with E-state index >= 15 is 0 Å². The number of anilines is 1. The molecule has 24 heavy (non-hydrogen) atoms. The van der Waals surface area contributed by atoms with Crippen LogP contribution in [0.1, 0.15) is 35.3 Å². The largest absolute Gasteiger partial charge is 0.382 e. The van der Waals surface area contributed by atoms with Crippen molar-refractivity contribution >= 4 is 23.1 Å². The lowest BCUT2D eigenvalue weighted by atomic mass is 9.93. The summed E-state index contributed by atoms with van der Waals surface area (Å²) >= 11 is 1.65. The number of nitrogens with zero attached hydrogens (tertiary/aromatic N) is 3. The third-order valence-corrected chi connectivity index (χ3v) is 5.98. The molecular weight excluding hydrogens is 322 g/mol. The van der Waals surface area contributed by atoms with Gasteiger partial charge in [0.05, 0.1) is 0 Å². The standard InChI is InChI=1S/C17H21N5OS/c18-15-14(20-6-7-21-15)16(23)22(10-12-1-8-24-11-12)13-9-17(13)2-4-19-5-3-17/h1,6-8,11,13,19H,2-5,9-10H2,(H2,18,21). The van der Waals surface area contributed by atoms with Gasteiger partial charge in [0.15, 0.2) is 11.5 Å². The van der Waals surface area contributed by atoms with Crippen LogP contribution in [-0.2, 0) is 6.54 Å². The number of rotatable bonds is 4. The molecule has 1 saturated heterocycles. The quantitative estimate of drug-likeness (QED) is 0.886. The monoisotopic (exact) mass is 343 g/mol. The van der Waals surface area contributed by atoms with Gasteiger partial charge < -0.3 is 16.0 Å². The lowest BCUT2D eigenvalue weighted by Crippen LogP contribution is -2.39. The summed E-state index contributed by atoms with van der Waals surface area (Å²) in [6.45, 7) is 2.67. The number of aromatic nitrogens is 2. The highest BCUT2D eigenvalue weighted by Gasteiger charge is 2.58. The fourth-order valence-electron chi connectivity index (χ4n) is 3.78. The lowest BCUT2D eigenvalue weighted by molar-refractivity contribution is 0.0687. The molecule has 6 nitrogen and oxygen atoms in total. The molecule has 1 aliphatic heterocycles. The molecule has 2 fully saturated rings. The van der Waals surface area contributed by atoms with Crippen LogP contribution in [0.5, 0.6) is 0 Å². The number of carbonyl (C=O) groups excluding carboxylic acids is 1. The number of piperidine rings is 1. The van der Waals surface area contributed by atoms with Gasteiger partial charge in [0.2, 0.25) is 0 Å². The summed E-state index contributed by atoms with van der Waals surface area (Å²) in [6, 6.07) is 2.34. The number of nitrogens with one attached hydrogen (secondary N) is 1. The highest BCUT2D eigenvalue weighted by atomic mass is 32.1. The number of nitrogens with two attached hydrogens (primary N) is 1. The second kappa shape index (κ2) is 6.14. The average Bonchev–Trinajstić information content (AvgIpc) is 3.04. The van der Waals surface area contributed by atoms with Gasteiger partial charge in [-0.2, -0.15) is 11.3 Å². The fraction of sp³-hybridized carbons (Fsp3) is 0.471. The lowest BCUT2D eigenvalue weighted by Gasteiger charge is -2.29. The van der Waals surface area contributed by atoms with Crippen LogP contribution in [0.3, 0.4) is 0 Å². The number of carbonyl (C=O) groups is 1. The summed E-state index contributed by atoms with van der Waals surface area (Å²) in [5.74, 6) is 0.102. The van der Waals surface area contributed by atoms with Crippen LogP contribution >= 0.6 is 11.3 Å². The van der Waals surface area contributed by atoms with Gasteiger partial charge >= 0.3 is 0 Å². The Labute approximate surface area is 145 Å². The Morgan fingerprint density at radius 2 is 2.17 bits per heavy atom. The molecule has 3 N–H and O–H groups in total. The molecule has 1 spiro atoms. The SMILES string of the molecule is Nc1nccnc1C(=O)N(Cc1ccsc1)C1CC12CCNCC2. The molecule has 1 atom stereocenters. The topological polar surface area (TPSA) is 84.1 Å². The summed E-state index contributed by atoms with van der Waals surface area (Å²) in [5, 5.41) is 7.55. The van der Waals surface area contributed by atoms with Crippen molar-refractivity contribution in [2.75, 3.05) is 18.8 Å². The van der Waals surface area contributed by atoms with Crippen molar-refractivity contribution < 1.29 is 4.79 Å². The van der Waals surface area contributed by atoms with Crippen molar-refractivity contribution in [3.8, 4) is 0 Å². The van der Waals surface area contributed by atoms with Gasteiger partial charge in [-0.15, -0.1) is 0 Å². The van der Waals surface area contributed by atoms with Crippen molar-refractivity contribution in [3.63, 3.8) is 0 Å².